The molecule has 2 fully saturated rings. The molecule has 4 amide bonds. The molecule has 0 bridgehead atoms. The molecule has 0 radical (unpaired) electrons. The molecule has 2 aromatic rings. The first-order valence-corrected chi connectivity index (χ1v) is 11.2. The normalized spacial score (nSPS) is 20.7. The van der Waals surface area contributed by atoms with Crippen molar-refractivity contribution in [3.8, 4) is 0 Å². The van der Waals surface area contributed by atoms with Crippen molar-refractivity contribution in [2.75, 3.05) is 10.2 Å². The summed E-state index contributed by atoms with van der Waals surface area (Å²) in [5.74, 6) is 0. The van der Waals surface area contributed by atoms with Gasteiger partial charge in [0.05, 0.1) is 5.54 Å². The summed E-state index contributed by atoms with van der Waals surface area (Å²) >= 11 is 0. The topological polar surface area (TPSA) is 76.1 Å². The number of aryl methyl sites for hydroxylation is 2. The molecule has 4 rings (SSSR count). The van der Waals surface area contributed by atoms with Crippen molar-refractivity contribution in [3.05, 3.63) is 59.7 Å². The van der Waals surface area contributed by atoms with Crippen molar-refractivity contribution >= 4 is 23.4 Å². The lowest BCUT2D eigenvalue weighted by atomic mass is 9.97. The van der Waals surface area contributed by atoms with Crippen LogP contribution in [0.25, 0.3) is 0 Å². The van der Waals surface area contributed by atoms with Crippen LogP contribution in [0.1, 0.15) is 50.7 Å². The summed E-state index contributed by atoms with van der Waals surface area (Å²) < 4.78 is 0. The van der Waals surface area contributed by atoms with Crippen LogP contribution < -0.4 is 10.2 Å². The zero-order valence-electron chi connectivity index (χ0n) is 19.2. The van der Waals surface area contributed by atoms with Gasteiger partial charge in [-0.2, -0.15) is 5.06 Å². The van der Waals surface area contributed by atoms with E-state index in [1.807, 2.05) is 69.0 Å². The van der Waals surface area contributed by atoms with Crippen molar-refractivity contribution in [3.63, 3.8) is 0 Å². The van der Waals surface area contributed by atoms with Gasteiger partial charge in [-0.05, 0) is 64.8 Å². The fourth-order valence-corrected chi connectivity index (χ4v) is 4.99. The Labute approximate surface area is 189 Å². The summed E-state index contributed by atoms with van der Waals surface area (Å²) in [5.41, 5.74) is 2.58. The standard InChI is InChI=1S/C25H32N4O3/c1-17-9-13-19(14-10-17)26-23(30)29(32)22-25(3,4)28(21-7-5-6-8-21)24(31)27(22)20-15-11-18(2)12-16-20/h9-16,21-22,32H,5-8H2,1-4H3,(H,26,30)/t22-/m1/s1. The lowest BCUT2D eigenvalue weighted by Gasteiger charge is -2.40. The van der Waals surface area contributed by atoms with Crippen LogP contribution in [0.2, 0.25) is 0 Å². The summed E-state index contributed by atoms with van der Waals surface area (Å²) in [4.78, 5) is 30.2. The van der Waals surface area contributed by atoms with E-state index < -0.39 is 17.7 Å². The highest BCUT2D eigenvalue weighted by Gasteiger charge is 2.58. The highest BCUT2D eigenvalue weighted by atomic mass is 16.5. The van der Waals surface area contributed by atoms with Gasteiger partial charge in [0, 0.05) is 17.4 Å². The second kappa shape index (κ2) is 8.47. The molecule has 2 aromatic carbocycles. The first-order valence-electron chi connectivity index (χ1n) is 11.2. The lowest BCUT2D eigenvalue weighted by molar-refractivity contribution is -0.0976. The number of urea groups is 2. The summed E-state index contributed by atoms with van der Waals surface area (Å²) in [6.45, 7) is 7.79. The lowest BCUT2D eigenvalue weighted by Crippen LogP contribution is -2.59. The van der Waals surface area contributed by atoms with E-state index in [1.165, 1.54) is 0 Å². The number of anilines is 2. The van der Waals surface area contributed by atoms with Gasteiger partial charge in [-0.3, -0.25) is 10.1 Å². The van der Waals surface area contributed by atoms with Gasteiger partial charge in [-0.25, -0.2) is 9.59 Å². The maximum atomic E-state index is 13.7. The largest absolute Gasteiger partial charge is 0.347 e. The number of carbonyl (C=O) groups is 2. The Bertz CT molecular complexity index is 981. The first-order chi connectivity index (χ1) is 15.2. The van der Waals surface area contributed by atoms with Gasteiger partial charge in [0.15, 0.2) is 6.17 Å². The number of amides is 4. The highest BCUT2D eigenvalue weighted by molar-refractivity contribution is 5.98. The molecule has 7 nitrogen and oxygen atoms in total. The average Bonchev–Trinajstić information content (AvgIpc) is 3.33. The third-order valence-electron chi connectivity index (χ3n) is 6.65. The summed E-state index contributed by atoms with van der Waals surface area (Å²) in [6.07, 6.45) is 3.14. The van der Waals surface area contributed by atoms with E-state index in [9.17, 15) is 14.8 Å². The Hall–Kier alpha value is -3.06. The van der Waals surface area contributed by atoms with Crippen LogP contribution in [-0.4, -0.2) is 45.0 Å². The molecule has 1 aliphatic heterocycles. The van der Waals surface area contributed by atoms with E-state index in [2.05, 4.69) is 5.32 Å². The summed E-state index contributed by atoms with van der Waals surface area (Å²) in [7, 11) is 0. The van der Waals surface area contributed by atoms with E-state index in [4.69, 9.17) is 0 Å². The molecule has 0 unspecified atom stereocenters. The fraction of sp³-hybridized carbons (Fsp3) is 0.440. The number of benzene rings is 2. The van der Waals surface area contributed by atoms with Crippen LogP contribution in [0, 0.1) is 13.8 Å². The number of carbonyl (C=O) groups excluding carboxylic acids is 2. The molecular weight excluding hydrogens is 404 g/mol. The second-order valence-electron chi connectivity index (χ2n) is 9.46. The minimum Gasteiger partial charge on any atom is -0.312 e. The monoisotopic (exact) mass is 436 g/mol. The number of nitrogens with zero attached hydrogens (tertiary/aromatic N) is 3. The molecule has 0 aromatic heterocycles. The molecule has 2 N–H and O–H groups in total. The van der Waals surface area contributed by atoms with Crippen molar-refractivity contribution in [1.82, 2.24) is 9.96 Å². The second-order valence-corrected chi connectivity index (χ2v) is 9.46. The smallest absolute Gasteiger partial charge is 0.312 e. The van der Waals surface area contributed by atoms with Crippen LogP contribution in [0.15, 0.2) is 48.5 Å². The molecule has 1 aliphatic carbocycles. The van der Waals surface area contributed by atoms with Gasteiger partial charge in [0.25, 0.3) is 0 Å². The average molecular weight is 437 g/mol. The van der Waals surface area contributed by atoms with E-state index in [0.717, 1.165) is 36.8 Å². The Morgan fingerprint density at radius 1 is 1.00 bits per heavy atom. The Morgan fingerprint density at radius 3 is 2.09 bits per heavy atom. The number of hydrogen-bond donors (Lipinski definition) is 2. The molecule has 1 heterocycles. The predicted molar refractivity (Wildman–Crippen MR) is 125 cm³/mol. The van der Waals surface area contributed by atoms with Gasteiger partial charge >= 0.3 is 12.1 Å². The van der Waals surface area contributed by atoms with Crippen LogP contribution in [0.5, 0.6) is 0 Å². The maximum Gasteiger partial charge on any atom is 0.347 e. The predicted octanol–water partition coefficient (Wildman–Crippen LogP) is 5.52. The Morgan fingerprint density at radius 2 is 1.53 bits per heavy atom. The molecule has 1 atom stereocenters. The SMILES string of the molecule is Cc1ccc(NC(=O)N(O)[C@H]2N(c3ccc(C)cc3)C(=O)N(C3CCCC3)C2(C)C)cc1. The Kier molecular flexibility index (Phi) is 5.86. The first kappa shape index (κ1) is 22.1. The summed E-state index contributed by atoms with van der Waals surface area (Å²) in [6, 6.07) is 14.2. The minimum absolute atomic E-state index is 0.101. The van der Waals surface area contributed by atoms with Crippen molar-refractivity contribution in [1.29, 1.82) is 0 Å². The Balaban J connectivity index is 1.69. The molecule has 1 saturated heterocycles. The summed E-state index contributed by atoms with van der Waals surface area (Å²) in [5, 5.41) is 14.6. The van der Waals surface area contributed by atoms with Gasteiger partial charge in [-0.1, -0.05) is 48.2 Å². The van der Waals surface area contributed by atoms with Crippen LogP contribution in [0.4, 0.5) is 21.0 Å². The number of hydroxylamine groups is 2. The maximum absolute atomic E-state index is 13.7. The third-order valence-corrected chi connectivity index (χ3v) is 6.65. The van der Waals surface area contributed by atoms with Crippen LogP contribution in [0.3, 0.4) is 0 Å². The van der Waals surface area contributed by atoms with Gasteiger partial charge in [0.1, 0.15) is 0 Å². The molecule has 0 spiro atoms. The molecule has 1 saturated carbocycles. The molecule has 7 heteroatoms. The van der Waals surface area contributed by atoms with Gasteiger partial charge in [0.2, 0.25) is 0 Å². The molecule has 32 heavy (non-hydrogen) atoms. The molecule has 170 valence electrons. The molecule has 2 aliphatic rings. The highest BCUT2D eigenvalue weighted by Crippen LogP contribution is 2.42. The van der Waals surface area contributed by atoms with E-state index in [1.54, 1.807) is 17.0 Å². The van der Waals surface area contributed by atoms with Crippen molar-refractivity contribution in [2.45, 2.75) is 71.1 Å². The van der Waals surface area contributed by atoms with Crippen molar-refractivity contribution in [2.24, 2.45) is 0 Å². The van der Waals surface area contributed by atoms with Gasteiger partial charge < -0.3 is 10.2 Å². The van der Waals surface area contributed by atoms with E-state index >= 15 is 0 Å². The number of hydrogen-bond acceptors (Lipinski definition) is 3. The van der Waals surface area contributed by atoms with Crippen LogP contribution >= 0.6 is 0 Å². The zero-order valence-corrected chi connectivity index (χ0v) is 19.2. The van der Waals surface area contributed by atoms with Crippen molar-refractivity contribution < 1.29 is 14.8 Å². The fourth-order valence-electron chi connectivity index (χ4n) is 4.99. The van der Waals surface area contributed by atoms with Gasteiger partial charge in [-0.15, -0.1) is 0 Å². The quantitative estimate of drug-likeness (QED) is 0.490. The zero-order chi connectivity index (χ0) is 23.0. The van der Waals surface area contributed by atoms with Crippen LogP contribution in [-0.2, 0) is 0 Å². The number of rotatable bonds is 4. The van der Waals surface area contributed by atoms with E-state index in [0.29, 0.717) is 16.4 Å². The van der Waals surface area contributed by atoms with E-state index in [-0.39, 0.29) is 12.1 Å². The third kappa shape index (κ3) is 3.93. The molecular formula is C25H32N4O3. The minimum atomic E-state index is -0.885. The number of nitrogens with one attached hydrogen (secondary N) is 1.